The molecule has 0 aliphatic heterocycles. The lowest BCUT2D eigenvalue weighted by Gasteiger charge is -2.17. The van der Waals surface area contributed by atoms with E-state index in [9.17, 15) is 14.7 Å². The number of Topliss-reactive ketones (excluding diaryl/α,β-unsaturated/α-hetero) is 1. The van der Waals surface area contributed by atoms with Gasteiger partial charge in [0, 0.05) is 6.42 Å². The van der Waals surface area contributed by atoms with Gasteiger partial charge in [0.1, 0.15) is 5.56 Å². The molecule has 3 aromatic rings. The molecule has 0 bridgehead atoms. The lowest BCUT2D eigenvalue weighted by Crippen LogP contribution is -2.26. The highest BCUT2D eigenvalue weighted by Gasteiger charge is 2.23. The molecule has 0 saturated heterocycles. The smallest absolute Gasteiger partial charge is 0.263 e. The fourth-order valence-electron chi connectivity index (χ4n) is 3.34. The van der Waals surface area contributed by atoms with Crippen LogP contribution in [0, 0.1) is 0 Å². The zero-order valence-corrected chi connectivity index (χ0v) is 17.7. The molecule has 1 aromatic carbocycles. The third kappa shape index (κ3) is 3.91. The molecule has 1 atom stereocenters. The summed E-state index contributed by atoms with van der Waals surface area (Å²) in [6, 6.07) is 11.4. The summed E-state index contributed by atoms with van der Waals surface area (Å²) in [5.41, 5.74) is 1.07. The van der Waals surface area contributed by atoms with E-state index in [1.165, 1.54) is 16.5 Å². The first kappa shape index (κ1) is 19.6. The van der Waals surface area contributed by atoms with E-state index >= 15 is 0 Å². The Hall–Kier alpha value is -2.18. The van der Waals surface area contributed by atoms with Gasteiger partial charge in [0.25, 0.3) is 5.56 Å². The molecule has 6 heteroatoms. The first-order valence-electron chi connectivity index (χ1n) is 9.24. The molecule has 2 aromatic heterocycles. The Balaban J connectivity index is 1.91. The maximum Gasteiger partial charge on any atom is 0.263 e. The normalized spacial score (nSPS) is 12.6. The van der Waals surface area contributed by atoms with Crippen molar-refractivity contribution in [1.29, 1.82) is 0 Å². The Bertz CT molecular complexity index is 1020. The van der Waals surface area contributed by atoms with Gasteiger partial charge in [-0.3, -0.25) is 9.59 Å². The summed E-state index contributed by atoms with van der Waals surface area (Å²) in [6.07, 6.45) is 1.01. The van der Waals surface area contributed by atoms with Gasteiger partial charge in [0.05, 0.1) is 19.0 Å². The van der Waals surface area contributed by atoms with Crippen molar-refractivity contribution in [3.05, 3.63) is 57.2 Å². The van der Waals surface area contributed by atoms with Gasteiger partial charge in [-0.25, -0.2) is 0 Å². The van der Waals surface area contributed by atoms with Crippen LogP contribution in [0.15, 0.2) is 40.5 Å². The van der Waals surface area contributed by atoms with Crippen LogP contribution in [0.2, 0.25) is 12.6 Å². The Labute approximate surface area is 164 Å². The molecular formula is C21H24NO3SSi. The van der Waals surface area contributed by atoms with Gasteiger partial charge in [-0.05, 0) is 29.3 Å². The van der Waals surface area contributed by atoms with Crippen molar-refractivity contribution >= 4 is 41.3 Å². The molecule has 0 aliphatic rings. The number of thiophene rings is 1. The minimum absolute atomic E-state index is 0.0296. The molecule has 2 heterocycles. The van der Waals surface area contributed by atoms with Crippen LogP contribution in [0.1, 0.15) is 48.5 Å². The van der Waals surface area contributed by atoms with Crippen LogP contribution < -0.4 is 10.7 Å². The molecule has 0 aliphatic carbocycles. The second-order valence-corrected chi connectivity index (χ2v) is 10.6. The second-order valence-electron chi connectivity index (χ2n) is 6.83. The predicted molar refractivity (Wildman–Crippen MR) is 114 cm³/mol. The van der Waals surface area contributed by atoms with Crippen LogP contribution >= 0.6 is 11.3 Å². The van der Waals surface area contributed by atoms with E-state index in [2.05, 4.69) is 49.6 Å². The zero-order valence-electron chi connectivity index (χ0n) is 15.8. The first-order chi connectivity index (χ1) is 13.0. The van der Waals surface area contributed by atoms with E-state index in [0.29, 0.717) is 10.2 Å². The number of carbonyl (C=O) groups excluding carboxylic acids is 1. The number of nitrogens with one attached hydrogen (secondary N) is 1. The highest BCUT2D eigenvalue weighted by molar-refractivity contribution is 7.17. The summed E-state index contributed by atoms with van der Waals surface area (Å²) < 4.78 is 0.550. The molecular weight excluding hydrogens is 374 g/mol. The largest absolute Gasteiger partial charge is 0.505 e. The average molecular weight is 399 g/mol. The molecule has 1 unspecified atom stereocenters. The maximum atomic E-state index is 12.9. The predicted octanol–water partition coefficient (Wildman–Crippen LogP) is 4.41. The first-order valence-corrected chi connectivity index (χ1v) is 12.3. The molecule has 0 fully saturated rings. The number of aromatic nitrogens is 1. The van der Waals surface area contributed by atoms with Gasteiger partial charge in [-0.1, -0.05) is 55.9 Å². The molecule has 4 nitrogen and oxygen atoms in total. The van der Waals surface area contributed by atoms with Gasteiger partial charge in [-0.2, -0.15) is 0 Å². The van der Waals surface area contributed by atoms with Crippen LogP contribution in [0.5, 0.6) is 5.75 Å². The molecule has 141 valence electrons. The Morgan fingerprint density at radius 3 is 2.78 bits per heavy atom. The standard InChI is InChI=1S/C21H24NO3SSi/c1-4-13(14-7-6-8-15(11-14)27(3)5-2)12-17(23)18-19(24)20-16(9-10-26-20)22-21(18)25/h6-11,13H,4-5,12H2,1-3H3,(H2,22,24,25). The number of hydrogen-bond donors (Lipinski definition) is 2. The highest BCUT2D eigenvalue weighted by Crippen LogP contribution is 2.32. The highest BCUT2D eigenvalue weighted by atomic mass is 32.1. The summed E-state index contributed by atoms with van der Waals surface area (Å²) in [6.45, 7) is 6.55. The summed E-state index contributed by atoms with van der Waals surface area (Å²) in [7, 11) is -0.559. The quantitative estimate of drug-likeness (QED) is 0.457. The molecule has 2 N–H and O–H groups in total. The molecule has 3 rings (SSSR count). The van der Waals surface area contributed by atoms with Crippen molar-refractivity contribution in [2.24, 2.45) is 0 Å². The van der Waals surface area contributed by atoms with Crippen LogP contribution in [0.25, 0.3) is 10.2 Å². The number of hydrogen-bond acceptors (Lipinski definition) is 4. The Morgan fingerprint density at radius 1 is 1.30 bits per heavy atom. The van der Waals surface area contributed by atoms with Crippen molar-refractivity contribution in [1.82, 2.24) is 4.98 Å². The van der Waals surface area contributed by atoms with Crippen molar-refractivity contribution in [2.45, 2.75) is 45.2 Å². The SMILES string of the molecule is CCC(CC(=O)c1c(O)c2sccc2[nH]c1=O)c1cccc([Si](C)CC)c1. The van der Waals surface area contributed by atoms with E-state index in [-0.39, 0.29) is 29.4 Å². The van der Waals surface area contributed by atoms with E-state index in [1.54, 1.807) is 11.4 Å². The van der Waals surface area contributed by atoms with Gasteiger partial charge in [0.15, 0.2) is 11.5 Å². The molecule has 0 saturated carbocycles. The van der Waals surface area contributed by atoms with Crippen LogP contribution in [-0.4, -0.2) is 24.7 Å². The Morgan fingerprint density at radius 2 is 2.07 bits per heavy atom. The Kier molecular flexibility index (Phi) is 5.97. The third-order valence-electron chi connectivity index (χ3n) is 5.18. The molecule has 0 spiro atoms. The number of carbonyl (C=O) groups is 1. The van der Waals surface area contributed by atoms with E-state index in [1.807, 2.05) is 0 Å². The number of fused-ring (bicyclic) bond motifs is 1. The number of pyridine rings is 1. The van der Waals surface area contributed by atoms with E-state index < -0.39 is 14.4 Å². The van der Waals surface area contributed by atoms with Gasteiger partial charge < -0.3 is 10.1 Å². The van der Waals surface area contributed by atoms with Gasteiger partial charge in [-0.15, -0.1) is 11.3 Å². The van der Waals surface area contributed by atoms with Crippen molar-refractivity contribution in [2.75, 3.05) is 0 Å². The lowest BCUT2D eigenvalue weighted by atomic mass is 9.89. The third-order valence-corrected chi connectivity index (χ3v) is 8.46. The van der Waals surface area contributed by atoms with Crippen LogP contribution in [-0.2, 0) is 0 Å². The topological polar surface area (TPSA) is 70.2 Å². The lowest BCUT2D eigenvalue weighted by molar-refractivity contribution is 0.0969. The molecule has 0 amide bonds. The number of ketones is 1. The molecule has 27 heavy (non-hydrogen) atoms. The fourth-order valence-corrected chi connectivity index (χ4v) is 5.34. The minimum atomic E-state index is -0.559. The van der Waals surface area contributed by atoms with Gasteiger partial charge >= 0.3 is 0 Å². The summed E-state index contributed by atoms with van der Waals surface area (Å²) in [5.74, 6) is -0.469. The summed E-state index contributed by atoms with van der Waals surface area (Å²) in [5, 5.41) is 13.6. The van der Waals surface area contributed by atoms with Crippen molar-refractivity contribution < 1.29 is 9.90 Å². The van der Waals surface area contributed by atoms with Crippen molar-refractivity contribution in [3.63, 3.8) is 0 Å². The fraction of sp³-hybridized carbons (Fsp3) is 0.333. The van der Waals surface area contributed by atoms with E-state index in [0.717, 1.165) is 18.0 Å². The maximum absolute atomic E-state index is 12.9. The van der Waals surface area contributed by atoms with Crippen molar-refractivity contribution in [3.8, 4) is 5.75 Å². The number of H-pyrrole nitrogens is 1. The second kappa shape index (κ2) is 8.23. The van der Waals surface area contributed by atoms with Gasteiger partial charge in [0.2, 0.25) is 0 Å². The molecule has 1 radical (unpaired) electrons. The number of aromatic hydroxyl groups is 1. The van der Waals surface area contributed by atoms with Crippen LogP contribution in [0.3, 0.4) is 0 Å². The number of benzene rings is 1. The summed E-state index contributed by atoms with van der Waals surface area (Å²) in [4.78, 5) is 28.0. The number of rotatable bonds is 7. The monoisotopic (exact) mass is 398 g/mol. The van der Waals surface area contributed by atoms with E-state index in [4.69, 9.17) is 0 Å². The van der Waals surface area contributed by atoms with Crippen LogP contribution in [0.4, 0.5) is 0 Å². The average Bonchev–Trinajstić information content (AvgIpc) is 3.14. The number of aromatic amines is 1. The minimum Gasteiger partial charge on any atom is -0.505 e. The summed E-state index contributed by atoms with van der Waals surface area (Å²) >= 11 is 1.31. The zero-order chi connectivity index (χ0) is 19.6.